The third-order valence-corrected chi connectivity index (χ3v) is 4.52. The molecule has 0 spiro atoms. The van der Waals surface area contributed by atoms with Gasteiger partial charge in [-0.1, -0.05) is 25.5 Å². The summed E-state index contributed by atoms with van der Waals surface area (Å²) >= 11 is 0. The fourth-order valence-electron chi connectivity index (χ4n) is 3.60. The molecule has 0 atom stereocenters. The largest absolute Gasteiger partial charge is 0.399 e. The van der Waals surface area contributed by atoms with Gasteiger partial charge >= 0.3 is 0 Å². The minimum atomic E-state index is -0.0101. The Balaban J connectivity index is 1.81. The molecule has 0 saturated heterocycles. The van der Waals surface area contributed by atoms with Gasteiger partial charge in [-0.05, 0) is 36.8 Å². The number of carbonyl (C=O) groups excluding carboxylic acids is 1. The molecule has 2 heteroatoms. The van der Waals surface area contributed by atoms with Crippen molar-refractivity contribution in [2.45, 2.75) is 32.6 Å². The zero-order valence-corrected chi connectivity index (χ0v) is 9.62. The van der Waals surface area contributed by atoms with Crippen LogP contribution in [0.4, 0.5) is 5.69 Å². The van der Waals surface area contributed by atoms with Crippen LogP contribution in [0, 0.1) is 10.8 Å². The molecule has 0 radical (unpaired) electrons. The molecule has 3 aliphatic rings. The van der Waals surface area contributed by atoms with Crippen LogP contribution in [0.3, 0.4) is 0 Å². The third-order valence-electron chi connectivity index (χ3n) is 4.52. The Morgan fingerprint density at radius 2 is 2.06 bits per heavy atom. The van der Waals surface area contributed by atoms with Gasteiger partial charge < -0.3 is 5.73 Å². The van der Waals surface area contributed by atoms with Crippen molar-refractivity contribution in [3.63, 3.8) is 0 Å². The van der Waals surface area contributed by atoms with E-state index in [1.807, 2.05) is 18.2 Å². The first-order valence-electron chi connectivity index (χ1n) is 6.00. The van der Waals surface area contributed by atoms with Gasteiger partial charge in [-0.2, -0.15) is 0 Å². The Morgan fingerprint density at radius 3 is 2.62 bits per heavy atom. The summed E-state index contributed by atoms with van der Waals surface area (Å²) in [6, 6.07) is 7.38. The quantitative estimate of drug-likeness (QED) is 0.622. The maximum Gasteiger partial charge on any atom is 0.169 e. The smallest absolute Gasteiger partial charge is 0.169 e. The molecular formula is C14H17NO. The Hall–Kier alpha value is -1.31. The fraction of sp³-hybridized carbons (Fsp3) is 0.500. The van der Waals surface area contributed by atoms with Gasteiger partial charge in [-0.25, -0.2) is 0 Å². The van der Waals surface area contributed by atoms with E-state index in [0.29, 0.717) is 16.9 Å². The Labute approximate surface area is 95.8 Å². The number of hydrogen-bond donors (Lipinski definition) is 1. The first-order chi connectivity index (χ1) is 7.59. The average molecular weight is 215 g/mol. The molecule has 2 N–H and O–H groups in total. The van der Waals surface area contributed by atoms with Crippen LogP contribution in [-0.2, 0) is 0 Å². The topological polar surface area (TPSA) is 43.1 Å². The lowest BCUT2D eigenvalue weighted by molar-refractivity contribution is -0.169. The van der Waals surface area contributed by atoms with Crippen molar-refractivity contribution >= 4 is 11.5 Å². The predicted octanol–water partition coefficient (Wildman–Crippen LogP) is 3.03. The van der Waals surface area contributed by atoms with Crippen molar-refractivity contribution in [2.24, 2.45) is 10.8 Å². The van der Waals surface area contributed by atoms with E-state index in [-0.39, 0.29) is 5.41 Å². The molecule has 0 amide bonds. The molecule has 1 aromatic carbocycles. The van der Waals surface area contributed by atoms with Crippen LogP contribution in [0.25, 0.3) is 0 Å². The van der Waals surface area contributed by atoms with Crippen LogP contribution >= 0.6 is 0 Å². The van der Waals surface area contributed by atoms with E-state index in [9.17, 15) is 4.79 Å². The van der Waals surface area contributed by atoms with E-state index < -0.39 is 0 Å². The van der Waals surface area contributed by atoms with Gasteiger partial charge in [0, 0.05) is 16.7 Å². The van der Waals surface area contributed by atoms with Gasteiger partial charge in [-0.15, -0.1) is 0 Å². The summed E-state index contributed by atoms with van der Waals surface area (Å²) in [7, 11) is 0. The van der Waals surface area contributed by atoms with Crippen molar-refractivity contribution in [3.8, 4) is 0 Å². The summed E-state index contributed by atoms with van der Waals surface area (Å²) in [5.41, 5.74) is 7.70. The Kier molecular flexibility index (Phi) is 1.78. The number of ketones is 1. The maximum absolute atomic E-state index is 12.3. The van der Waals surface area contributed by atoms with Crippen LogP contribution in [0.2, 0.25) is 0 Å². The molecule has 2 bridgehead atoms. The molecule has 0 unspecified atom stereocenters. The van der Waals surface area contributed by atoms with Crippen LogP contribution in [-0.4, -0.2) is 5.78 Å². The molecular weight excluding hydrogens is 198 g/mol. The number of carbonyl (C=O) groups is 1. The Morgan fingerprint density at radius 1 is 1.38 bits per heavy atom. The summed E-state index contributed by atoms with van der Waals surface area (Å²) in [4.78, 5) is 12.3. The third kappa shape index (κ3) is 1.10. The molecule has 2 nitrogen and oxygen atoms in total. The molecule has 0 aliphatic heterocycles. The second-order valence-electron chi connectivity index (χ2n) is 5.62. The predicted molar refractivity (Wildman–Crippen MR) is 64.2 cm³/mol. The summed E-state index contributed by atoms with van der Waals surface area (Å²) in [5.74, 6) is 0.315. The molecule has 0 heterocycles. The Bertz CT molecular complexity index is 444. The lowest BCUT2D eigenvalue weighted by atomic mass is 9.33. The summed E-state index contributed by atoms with van der Waals surface area (Å²) in [6.07, 6.45) is 4.53. The molecule has 0 aromatic heterocycles. The van der Waals surface area contributed by atoms with Gasteiger partial charge in [-0.3, -0.25) is 4.79 Å². The second-order valence-corrected chi connectivity index (χ2v) is 5.62. The van der Waals surface area contributed by atoms with Gasteiger partial charge in [0.15, 0.2) is 5.78 Å². The van der Waals surface area contributed by atoms with Crippen LogP contribution in [0.5, 0.6) is 0 Å². The van der Waals surface area contributed by atoms with Crippen molar-refractivity contribution in [2.75, 3.05) is 5.73 Å². The number of benzene rings is 1. The highest BCUT2D eigenvalue weighted by Crippen LogP contribution is 2.75. The summed E-state index contributed by atoms with van der Waals surface area (Å²) < 4.78 is 0. The maximum atomic E-state index is 12.3. The molecule has 3 fully saturated rings. The molecule has 3 saturated carbocycles. The van der Waals surface area contributed by atoms with E-state index in [0.717, 1.165) is 24.8 Å². The highest BCUT2D eigenvalue weighted by Gasteiger charge is 2.69. The number of hydrogen-bond acceptors (Lipinski definition) is 2. The van der Waals surface area contributed by atoms with E-state index in [2.05, 4.69) is 6.92 Å². The molecule has 3 aliphatic carbocycles. The SMILES string of the molecule is CCC12CC(C(=O)c3cccc(N)c3)(C1)C2. The lowest BCUT2D eigenvalue weighted by Gasteiger charge is -2.70. The fourth-order valence-corrected chi connectivity index (χ4v) is 3.60. The summed E-state index contributed by atoms with van der Waals surface area (Å²) in [5, 5.41) is 0. The van der Waals surface area contributed by atoms with Crippen molar-refractivity contribution < 1.29 is 4.79 Å². The van der Waals surface area contributed by atoms with E-state index in [4.69, 9.17) is 5.73 Å². The molecule has 1 aromatic rings. The van der Waals surface area contributed by atoms with Gasteiger partial charge in [0.2, 0.25) is 0 Å². The van der Waals surface area contributed by atoms with Crippen LogP contribution in [0.1, 0.15) is 43.0 Å². The van der Waals surface area contributed by atoms with Crippen molar-refractivity contribution in [1.82, 2.24) is 0 Å². The van der Waals surface area contributed by atoms with Crippen LogP contribution in [0.15, 0.2) is 24.3 Å². The van der Waals surface area contributed by atoms with Gasteiger partial charge in [0.25, 0.3) is 0 Å². The monoisotopic (exact) mass is 215 g/mol. The van der Waals surface area contributed by atoms with E-state index in [1.165, 1.54) is 6.42 Å². The first-order valence-corrected chi connectivity index (χ1v) is 6.00. The highest BCUT2D eigenvalue weighted by atomic mass is 16.1. The lowest BCUT2D eigenvalue weighted by Crippen LogP contribution is -2.64. The van der Waals surface area contributed by atoms with Crippen molar-refractivity contribution in [3.05, 3.63) is 29.8 Å². The number of nitrogens with two attached hydrogens (primary N) is 1. The highest BCUT2D eigenvalue weighted by molar-refractivity contribution is 6.03. The normalized spacial score (nSPS) is 35.1. The summed E-state index contributed by atoms with van der Waals surface area (Å²) in [6.45, 7) is 2.23. The zero-order valence-electron chi connectivity index (χ0n) is 9.62. The standard InChI is InChI=1S/C14H17NO/c1-2-13-7-14(8-13,9-13)12(16)10-4-3-5-11(15)6-10/h3-6H,2,7-9,15H2,1H3. The number of Topliss-reactive ketones (excluding diaryl/α,β-unsaturated/α-hetero) is 1. The van der Waals surface area contributed by atoms with Crippen LogP contribution < -0.4 is 5.73 Å². The molecule has 84 valence electrons. The minimum Gasteiger partial charge on any atom is -0.399 e. The number of rotatable bonds is 3. The van der Waals surface area contributed by atoms with Gasteiger partial charge in [0.1, 0.15) is 0 Å². The zero-order chi connectivity index (χ0) is 11.4. The van der Waals surface area contributed by atoms with Crippen molar-refractivity contribution in [1.29, 1.82) is 0 Å². The number of nitrogen functional groups attached to an aromatic ring is 1. The van der Waals surface area contributed by atoms with Gasteiger partial charge in [0.05, 0.1) is 0 Å². The minimum absolute atomic E-state index is 0.0101. The average Bonchev–Trinajstić information content (AvgIpc) is 2.14. The van der Waals surface area contributed by atoms with E-state index >= 15 is 0 Å². The molecule has 4 rings (SSSR count). The second kappa shape index (κ2) is 2.88. The van der Waals surface area contributed by atoms with E-state index in [1.54, 1.807) is 6.07 Å². The number of anilines is 1. The molecule has 16 heavy (non-hydrogen) atoms. The first kappa shape index (κ1) is 9.88.